The van der Waals surface area contributed by atoms with E-state index in [0.29, 0.717) is 5.92 Å². The Kier molecular flexibility index (Phi) is 4.99. The summed E-state index contributed by atoms with van der Waals surface area (Å²) in [6, 6.07) is 17.5. The molecule has 1 N–H and O–H groups in total. The van der Waals surface area contributed by atoms with Crippen LogP contribution in [-0.4, -0.2) is 12.6 Å². The van der Waals surface area contributed by atoms with E-state index in [2.05, 4.69) is 57.6 Å². The molecule has 110 valence electrons. The highest BCUT2D eigenvalue weighted by Crippen LogP contribution is 2.29. The quantitative estimate of drug-likeness (QED) is 0.744. The molecule has 0 radical (unpaired) electrons. The van der Waals surface area contributed by atoms with Crippen molar-refractivity contribution in [1.29, 1.82) is 0 Å². The Morgan fingerprint density at radius 3 is 2.48 bits per heavy atom. The largest absolute Gasteiger partial charge is 0.313 e. The van der Waals surface area contributed by atoms with Crippen LogP contribution in [0.25, 0.3) is 0 Å². The minimum atomic E-state index is 0.417. The molecule has 0 aromatic heterocycles. The lowest BCUT2D eigenvalue weighted by Crippen LogP contribution is -2.25. The van der Waals surface area contributed by atoms with E-state index < -0.39 is 0 Å². The highest BCUT2D eigenvalue weighted by molar-refractivity contribution is 9.10. The summed E-state index contributed by atoms with van der Waals surface area (Å²) in [4.78, 5) is 0. The van der Waals surface area contributed by atoms with Gasteiger partial charge in [0.1, 0.15) is 0 Å². The van der Waals surface area contributed by atoms with Crippen LogP contribution >= 0.6 is 27.5 Å². The molecule has 0 saturated heterocycles. The Bertz CT molecular complexity index is 592. The summed E-state index contributed by atoms with van der Waals surface area (Å²) in [5.41, 5.74) is 2.59. The summed E-state index contributed by atoms with van der Waals surface area (Å²) in [6.07, 6.45) is 3.64. The molecular formula is C18H19BrClN. The number of nitrogens with one attached hydrogen (secondary N) is 1. The lowest BCUT2D eigenvalue weighted by Gasteiger charge is -2.19. The summed E-state index contributed by atoms with van der Waals surface area (Å²) in [6.45, 7) is 0.991. The fourth-order valence-electron chi connectivity index (χ4n) is 2.60. The van der Waals surface area contributed by atoms with Crippen molar-refractivity contribution in [1.82, 2.24) is 5.32 Å². The average Bonchev–Trinajstić information content (AvgIpc) is 3.30. The molecular weight excluding hydrogens is 346 g/mol. The van der Waals surface area contributed by atoms with Crippen LogP contribution < -0.4 is 5.32 Å². The second-order valence-corrected chi connectivity index (χ2v) is 7.05. The zero-order chi connectivity index (χ0) is 14.7. The molecule has 1 aliphatic rings. The Labute approximate surface area is 139 Å². The molecule has 0 aliphatic heterocycles. The predicted octanol–water partition coefficient (Wildman–Crippen LogP) is 5.18. The zero-order valence-electron chi connectivity index (χ0n) is 11.9. The maximum absolute atomic E-state index is 6.41. The minimum Gasteiger partial charge on any atom is -0.313 e. The van der Waals surface area contributed by atoms with E-state index in [1.54, 1.807) is 0 Å². The molecule has 21 heavy (non-hydrogen) atoms. The molecule has 1 aliphatic carbocycles. The molecule has 1 fully saturated rings. The van der Waals surface area contributed by atoms with Gasteiger partial charge in [-0.15, -0.1) is 0 Å². The number of rotatable bonds is 6. The molecule has 1 saturated carbocycles. The standard InChI is InChI=1S/C18H19BrClN/c19-15-7-5-13(6-8-15)11-14(12-21-16-9-10-16)17-3-1-2-4-18(17)20/h1-8,14,16,21H,9-12H2. The predicted molar refractivity (Wildman–Crippen MR) is 93.1 cm³/mol. The van der Waals surface area contributed by atoms with Crippen molar-refractivity contribution in [2.75, 3.05) is 6.54 Å². The van der Waals surface area contributed by atoms with E-state index >= 15 is 0 Å². The molecule has 0 heterocycles. The Hall–Kier alpha value is -0.830. The first-order chi connectivity index (χ1) is 10.2. The SMILES string of the molecule is Clc1ccccc1C(CNC1CC1)Cc1ccc(Br)cc1. The van der Waals surface area contributed by atoms with Gasteiger partial charge in [-0.05, 0) is 48.6 Å². The fraction of sp³-hybridized carbons (Fsp3) is 0.333. The first kappa shape index (κ1) is 15.1. The maximum atomic E-state index is 6.41. The molecule has 2 aromatic carbocycles. The van der Waals surface area contributed by atoms with Crippen molar-refractivity contribution in [3.05, 3.63) is 69.2 Å². The molecule has 0 spiro atoms. The third kappa shape index (κ3) is 4.32. The molecule has 0 amide bonds. The summed E-state index contributed by atoms with van der Waals surface area (Å²) < 4.78 is 1.12. The normalized spacial score (nSPS) is 15.9. The lowest BCUT2D eigenvalue weighted by atomic mass is 9.92. The lowest BCUT2D eigenvalue weighted by molar-refractivity contribution is 0.577. The molecule has 3 rings (SSSR count). The summed E-state index contributed by atoms with van der Waals surface area (Å²) in [5.74, 6) is 0.417. The van der Waals surface area contributed by atoms with Crippen molar-refractivity contribution in [2.45, 2.75) is 31.2 Å². The highest BCUT2D eigenvalue weighted by Gasteiger charge is 2.23. The van der Waals surface area contributed by atoms with Gasteiger partial charge in [-0.2, -0.15) is 0 Å². The molecule has 1 atom stereocenters. The van der Waals surface area contributed by atoms with Gasteiger partial charge < -0.3 is 5.32 Å². The van der Waals surface area contributed by atoms with Gasteiger partial charge in [-0.25, -0.2) is 0 Å². The van der Waals surface area contributed by atoms with E-state index in [-0.39, 0.29) is 0 Å². The molecule has 1 unspecified atom stereocenters. The first-order valence-corrected chi connectivity index (χ1v) is 8.62. The van der Waals surface area contributed by atoms with Gasteiger partial charge in [0.2, 0.25) is 0 Å². The highest BCUT2D eigenvalue weighted by atomic mass is 79.9. The van der Waals surface area contributed by atoms with Gasteiger partial charge >= 0.3 is 0 Å². The smallest absolute Gasteiger partial charge is 0.0441 e. The van der Waals surface area contributed by atoms with Gasteiger partial charge in [0.25, 0.3) is 0 Å². The fourth-order valence-corrected chi connectivity index (χ4v) is 3.15. The monoisotopic (exact) mass is 363 g/mol. The third-order valence-electron chi connectivity index (χ3n) is 3.97. The van der Waals surface area contributed by atoms with Gasteiger partial charge in [0, 0.05) is 28.0 Å². The van der Waals surface area contributed by atoms with Crippen molar-refractivity contribution >= 4 is 27.5 Å². The van der Waals surface area contributed by atoms with Crippen LogP contribution in [0.4, 0.5) is 0 Å². The van der Waals surface area contributed by atoms with Crippen LogP contribution in [0.2, 0.25) is 5.02 Å². The zero-order valence-corrected chi connectivity index (χ0v) is 14.2. The van der Waals surface area contributed by atoms with Gasteiger partial charge in [-0.3, -0.25) is 0 Å². The van der Waals surface area contributed by atoms with Crippen molar-refractivity contribution < 1.29 is 0 Å². The van der Waals surface area contributed by atoms with Crippen LogP contribution in [-0.2, 0) is 6.42 Å². The maximum Gasteiger partial charge on any atom is 0.0441 e. The van der Waals surface area contributed by atoms with E-state index in [0.717, 1.165) is 28.5 Å². The second-order valence-electron chi connectivity index (χ2n) is 5.73. The van der Waals surface area contributed by atoms with E-state index in [9.17, 15) is 0 Å². The van der Waals surface area contributed by atoms with E-state index in [1.807, 2.05) is 12.1 Å². The van der Waals surface area contributed by atoms with Crippen LogP contribution in [0, 0.1) is 0 Å². The Morgan fingerprint density at radius 2 is 1.81 bits per heavy atom. The van der Waals surface area contributed by atoms with Crippen LogP contribution in [0.5, 0.6) is 0 Å². The summed E-state index contributed by atoms with van der Waals surface area (Å²) >= 11 is 9.90. The second kappa shape index (κ2) is 6.95. The van der Waals surface area contributed by atoms with Crippen molar-refractivity contribution in [2.24, 2.45) is 0 Å². The average molecular weight is 365 g/mol. The van der Waals surface area contributed by atoms with Crippen LogP contribution in [0.1, 0.15) is 29.9 Å². The molecule has 2 aromatic rings. The summed E-state index contributed by atoms with van der Waals surface area (Å²) in [5, 5.41) is 4.52. The Morgan fingerprint density at radius 1 is 1.10 bits per heavy atom. The topological polar surface area (TPSA) is 12.0 Å². The molecule has 0 bridgehead atoms. The first-order valence-electron chi connectivity index (χ1n) is 7.44. The minimum absolute atomic E-state index is 0.417. The summed E-state index contributed by atoms with van der Waals surface area (Å²) in [7, 11) is 0. The molecule has 3 heteroatoms. The number of hydrogen-bond donors (Lipinski definition) is 1. The number of hydrogen-bond acceptors (Lipinski definition) is 1. The van der Waals surface area contributed by atoms with E-state index in [1.165, 1.54) is 24.0 Å². The van der Waals surface area contributed by atoms with Crippen LogP contribution in [0.15, 0.2) is 53.0 Å². The van der Waals surface area contributed by atoms with Gasteiger partial charge in [0.15, 0.2) is 0 Å². The van der Waals surface area contributed by atoms with Gasteiger partial charge in [-0.1, -0.05) is 57.9 Å². The van der Waals surface area contributed by atoms with Crippen molar-refractivity contribution in [3.8, 4) is 0 Å². The van der Waals surface area contributed by atoms with E-state index in [4.69, 9.17) is 11.6 Å². The Balaban J connectivity index is 1.77. The third-order valence-corrected chi connectivity index (χ3v) is 4.84. The number of benzene rings is 2. The molecule has 1 nitrogen and oxygen atoms in total. The van der Waals surface area contributed by atoms with Gasteiger partial charge in [0.05, 0.1) is 0 Å². The number of halogens is 2. The van der Waals surface area contributed by atoms with Crippen molar-refractivity contribution in [3.63, 3.8) is 0 Å². The van der Waals surface area contributed by atoms with Crippen LogP contribution in [0.3, 0.4) is 0 Å².